The molecule has 146 valence electrons. The number of rotatable bonds is 9. The summed E-state index contributed by atoms with van der Waals surface area (Å²) in [6.45, 7) is 4.79. The van der Waals surface area contributed by atoms with Crippen molar-refractivity contribution < 1.29 is 9.53 Å². The summed E-state index contributed by atoms with van der Waals surface area (Å²) in [5.74, 6) is 1.69. The minimum atomic E-state index is -0.0193. The van der Waals surface area contributed by atoms with Gasteiger partial charge in [-0.25, -0.2) is 0 Å². The van der Waals surface area contributed by atoms with E-state index in [1.165, 1.54) is 11.3 Å². The number of nitrogens with zero attached hydrogens (tertiary/aromatic N) is 2. The molecule has 0 saturated carbocycles. The molecule has 0 aliphatic rings. The van der Waals surface area contributed by atoms with Crippen molar-refractivity contribution in [1.82, 2.24) is 15.5 Å². The molecule has 0 spiro atoms. The van der Waals surface area contributed by atoms with E-state index in [1.54, 1.807) is 7.11 Å². The van der Waals surface area contributed by atoms with Gasteiger partial charge in [0.05, 0.1) is 12.0 Å². The van der Waals surface area contributed by atoms with E-state index in [2.05, 4.69) is 26.6 Å². The number of benzene rings is 1. The summed E-state index contributed by atoms with van der Waals surface area (Å²) in [6, 6.07) is 11.7. The maximum absolute atomic E-state index is 11.9. The third-order valence-electron chi connectivity index (χ3n) is 3.92. The van der Waals surface area contributed by atoms with Gasteiger partial charge >= 0.3 is 0 Å². The number of methoxy groups -OCH3 is 1. The molecule has 2 N–H and O–H groups in total. The zero-order chi connectivity index (χ0) is 19.5. The van der Waals surface area contributed by atoms with Gasteiger partial charge < -0.3 is 20.3 Å². The number of carbonyl (C=O) groups excluding carboxylic acids is 1. The van der Waals surface area contributed by atoms with Crippen LogP contribution in [0.3, 0.4) is 0 Å². The number of carbonyl (C=O) groups is 1. The summed E-state index contributed by atoms with van der Waals surface area (Å²) in [5.41, 5.74) is 1.11. The van der Waals surface area contributed by atoms with Crippen LogP contribution in [-0.4, -0.2) is 50.6 Å². The van der Waals surface area contributed by atoms with Crippen molar-refractivity contribution in [3.63, 3.8) is 0 Å². The van der Waals surface area contributed by atoms with E-state index in [0.717, 1.165) is 35.1 Å². The normalized spacial score (nSPS) is 11.1. The Morgan fingerprint density at radius 2 is 2.04 bits per heavy atom. The van der Waals surface area contributed by atoms with Crippen molar-refractivity contribution in [2.75, 3.05) is 33.8 Å². The van der Waals surface area contributed by atoms with Crippen molar-refractivity contribution >= 4 is 23.2 Å². The fraction of sp³-hybridized carbons (Fsp3) is 0.400. The van der Waals surface area contributed by atoms with Gasteiger partial charge in [-0.3, -0.25) is 9.79 Å². The smallest absolute Gasteiger partial charge is 0.261 e. The lowest BCUT2D eigenvalue weighted by Gasteiger charge is -2.23. The summed E-state index contributed by atoms with van der Waals surface area (Å²) >= 11 is 1.45. The van der Waals surface area contributed by atoms with E-state index in [4.69, 9.17) is 4.74 Å². The highest BCUT2D eigenvalue weighted by molar-refractivity contribution is 7.12. The third-order valence-corrected chi connectivity index (χ3v) is 4.79. The van der Waals surface area contributed by atoms with E-state index in [-0.39, 0.29) is 5.91 Å². The number of hydrogen-bond donors (Lipinski definition) is 2. The number of thiophene rings is 1. The summed E-state index contributed by atoms with van der Waals surface area (Å²) < 4.78 is 5.43. The van der Waals surface area contributed by atoms with Crippen LogP contribution in [0.4, 0.5) is 0 Å². The van der Waals surface area contributed by atoms with E-state index >= 15 is 0 Å². The molecule has 0 bridgehead atoms. The first-order chi connectivity index (χ1) is 13.2. The van der Waals surface area contributed by atoms with Gasteiger partial charge in [0.1, 0.15) is 5.75 Å². The van der Waals surface area contributed by atoms with Crippen LogP contribution in [0.5, 0.6) is 5.75 Å². The van der Waals surface area contributed by atoms with Crippen molar-refractivity contribution in [3.8, 4) is 5.75 Å². The number of ether oxygens (including phenoxy) is 1. The van der Waals surface area contributed by atoms with E-state index in [0.29, 0.717) is 19.6 Å². The Morgan fingerprint density at radius 3 is 2.74 bits per heavy atom. The van der Waals surface area contributed by atoms with Gasteiger partial charge in [0.25, 0.3) is 5.91 Å². The Labute approximate surface area is 165 Å². The molecule has 1 aromatic heterocycles. The van der Waals surface area contributed by atoms with Crippen LogP contribution in [0.15, 0.2) is 46.8 Å². The summed E-state index contributed by atoms with van der Waals surface area (Å²) in [4.78, 5) is 19.4. The Kier molecular flexibility index (Phi) is 8.64. The summed E-state index contributed by atoms with van der Waals surface area (Å²) in [5, 5.41) is 8.14. The fourth-order valence-electron chi connectivity index (χ4n) is 2.59. The molecule has 2 rings (SSSR count). The van der Waals surface area contributed by atoms with Gasteiger partial charge in [-0.1, -0.05) is 24.3 Å². The quantitative estimate of drug-likeness (QED) is 0.394. The van der Waals surface area contributed by atoms with E-state index in [1.807, 2.05) is 49.7 Å². The molecule has 7 heteroatoms. The average molecular weight is 389 g/mol. The highest BCUT2D eigenvalue weighted by Crippen LogP contribution is 2.18. The number of guanidine groups is 1. The molecule has 0 radical (unpaired) electrons. The molecule has 27 heavy (non-hydrogen) atoms. The number of nitrogens with one attached hydrogen (secondary N) is 2. The molecular formula is C20H28N4O2S. The number of hydrogen-bond acceptors (Lipinski definition) is 4. The van der Waals surface area contributed by atoms with Crippen LogP contribution in [0.1, 0.15) is 28.6 Å². The average Bonchev–Trinajstić information content (AvgIpc) is 3.22. The minimum Gasteiger partial charge on any atom is -0.496 e. The van der Waals surface area contributed by atoms with Crippen molar-refractivity contribution in [1.29, 1.82) is 0 Å². The van der Waals surface area contributed by atoms with Gasteiger partial charge in [-0.05, 0) is 30.9 Å². The lowest BCUT2D eigenvalue weighted by Crippen LogP contribution is -2.38. The van der Waals surface area contributed by atoms with Crippen LogP contribution >= 0.6 is 11.3 Å². The molecule has 1 amide bonds. The Bertz CT molecular complexity index is 731. The predicted octanol–water partition coefficient (Wildman–Crippen LogP) is 2.97. The molecule has 0 unspecified atom stereocenters. The lowest BCUT2D eigenvalue weighted by molar-refractivity contribution is 0.0957. The Hall–Kier alpha value is -2.54. The second kappa shape index (κ2) is 11.2. The van der Waals surface area contributed by atoms with Gasteiger partial charge in [0.15, 0.2) is 5.96 Å². The van der Waals surface area contributed by atoms with Crippen molar-refractivity contribution in [2.45, 2.75) is 19.9 Å². The van der Waals surface area contributed by atoms with Crippen LogP contribution in [0.25, 0.3) is 0 Å². The highest BCUT2D eigenvalue weighted by atomic mass is 32.1. The number of aliphatic imine (C=N–C) groups is 1. The molecule has 2 aromatic rings. The van der Waals surface area contributed by atoms with Gasteiger partial charge in [-0.2, -0.15) is 0 Å². The monoisotopic (exact) mass is 388 g/mol. The van der Waals surface area contributed by atoms with Crippen LogP contribution in [0.2, 0.25) is 0 Å². The zero-order valence-corrected chi connectivity index (χ0v) is 17.0. The van der Waals surface area contributed by atoms with Gasteiger partial charge in [0.2, 0.25) is 0 Å². The van der Waals surface area contributed by atoms with Crippen LogP contribution < -0.4 is 15.4 Å². The van der Waals surface area contributed by atoms with Crippen LogP contribution in [0, 0.1) is 0 Å². The third kappa shape index (κ3) is 6.60. The molecule has 0 fully saturated rings. The SMILES string of the molecule is CCNC(=NCCCNC(=O)c1cccs1)N(C)Cc1ccccc1OC. The second-order valence-corrected chi connectivity index (χ2v) is 6.94. The molecule has 0 atom stereocenters. The first kappa shape index (κ1) is 20.8. The maximum Gasteiger partial charge on any atom is 0.261 e. The first-order valence-electron chi connectivity index (χ1n) is 9.08. The Morgan fingerprint density at radius 1 is 1.22 bits per heavy atom. The van der Waals surface area contributed by atoms with Gasteiger partial charge in [0, 0.05) is 38.8 Å². The number of para-hydroxylation sites is 1. The predicted molar refractivity (Wildman–Crippen MR) is 112 cm³/mol. The van der Waals surface area contributed by atoms with E-state index < -0.39 is 0 Å². The molecule has 0 saturated heterocycles. The molecule has 0 aliphatic carbocycles. The number of amides is 1. The largest absolute Gasteiger partial charge is 0.496 e. The minimum absolute atomic E-state index is 0.0193. The van der Waals surface area contributed by atoms with Crippen molar-refractivity contribution in [2.24, 2.45) is 4.99 Å². The summed E-state index contributed by atoms with van der Waals surface area (Å²) in [6.07, 6.45) is 0.786. The molecular weight excluding hydrogens is 360 g/mol. The fourth-order valence-corrected chi connectivity index (χ4v) is 3.23. The Balaban J connectivity index is 1.84. The molecule has 6 nitrogen and oxygen atoms in total. The molecule has 1 heterocycles. The second-order valence-electron chi connectivity index (χ2n) is 5.99. The first-order valence-corrected chi connectivity index (χ1v) is 9.96. The van der Waals surface area contributed by atoms with Crippen LogP contribution in [-0.2, 0) is 6.54 Å². The maximum atomic E-state index is 11.9. The van der Waals surface area contributed by atoms with Gasteiger partial charge in [-0.15, -0.1) is 11.3 Å². The van der Waals surface area contributed by atoms with Crippen molar-refractivity contribution in [3.05, 3.63) is 52.2 Å². The topological polar surface area (TPSA) is 66.0 Å². The van der Waals surface area contributed by atoms with E-state index in [9.17, 15) is 4.79 Å². The zero-order valence-electron chi connectivity index (χ0n) is 16.2. The lowest BCUT2D eigenvalue weighted by atomic mass is 10.2. The standard InChI is InChI=1S/C20H28N4O2S/c1-4-21-20(24(2)15-16-9-5-6-10-17(16)26-3)23-13-8-12-22-19(25)18-11-7-14-27-18/h5-7,9-11,14H,4,8,12-13,15H2,1-3H3,(H,21,23)(H,22,25). The highest BCUT2D eigenvalue weighted by Gasteiger charge is 2.10. The molecule has 1 aromatic carbocycles. The summed E-state index contributed by atoms with van der Waals surface area (Å²) in [7, 11) is 3.69. The molecule has 0 aliphatic heterocycles.